The van der Waals surface area contributed by atoms with Crippen molar-refractivity contribution in [3.63, 3.8) is 0 Å². The van der Waals surface area contributed by atoms with Gasteiger partial charge in [0, 0.05) is 19.3 Å². The molecule has 0 fully saturated rings. The lowest BCUT2D eigenvalue weighted by Gasteiger charge is -2.18. The fraction of sp³-hybridized carbons (Fsp3) is 0.807. The van der Waals surface area contributed by atoms with Crippen LogP contribution in [0.1, 0.15) is 278 Å². The van der Waals surface area contributed by atoms with E-state index in [-0.39, 0.29) is 37.5 Å². The number of hydrogen-bond donors (Lipinski definition) is 0. The Hall–Kier alpha value is -2.63. The average Bonchev–Trinajstić information content (AvgIpc) is 3.28. The van der Waals surface area contributed by atoms with Crippen LogP contribution in [0.15, 0.2) is 48.6 Å². The number of ether oxygens (including phenoxy) is 3. The molecule has 0 amide bonds. The van der Waals surface area contributed by atoms with E-state index in [1.165, 1.54) is 167 Å². The van der Waals surface area contributed by atoms with Gasteiger partial charge >= 0.3 is 17.9 Å². The highest BCUT2D eigenvalue weighted by atomic mass is 16.6. The zero-order chi connectivity index (χ0) is 45.8. The standard InChI is InChI=1S/C57H102O6/c1-4-7-10-13-16-19-22-25-27-28-30-32-35-38-41-44-47-50-56(59)62-53-54(52-61-55(58)49-46-43-40-37-34-31-24-21-18-15-12-9-6-3)63-57(60)51-48-45-42-39-36-33-29-26-23-20-17-14-11-8-5-2/h16,19,25,27,30,32,38,41,54H,4-15,17-18,20-24,26,28-29,31,33-37,39-40,42-53H2,1-3H3. The van der Waals surface area contributed by atoms with Crippen LogP contribution in [0, 0.1) is 0 Å². The first kappa shape index (κ1) is 60.4. The summed E-state index contributed by atoms with van der Waals surface area (Å²) in [6.07, 6.45) is 62.4. The predicted molar refractivity (Wildman–Crippen MR) is 270 cm³/mol. The zero-order valence-electron chi connectivity index (χ0n) is 41.8. The monoisotopic (exact) mass is 883 g/mol. The van der Waals surface area contributed by atoms with Gasteiger partial charge in [-0.1, -0.05) is 249 Å². The third kappa shape index (κ3) is 50.2. The van der Waals surface area contributed by atoms with Gasteiger partial charge in [0.05, 0.1) is 0 Å². The molecule has 0 N–H and O–H groups in total. The van der Waals surface area contributed by atoms with Crippen LogP contribution in [-0.4, -0.2) is 37.2 Å². The first-order valence-electron chi connectivity index (χ1n) is 27.1. The molecule has 0 bridgehead atoms. The molecule has 0 saturated heterocycles. The van der Waals surface area contributed by atoms with Gasteiger partial charge in [-0.25, -0.2) is 0 Å². The minimum Gasteiger partial charge on any atom is -0.462 e. The Morgan fingerprint density at radius 3 is 0.952 bits per heavy atom. The molecular weight excluding hydrogens is 781 g/mol. The quantitative estimate of drug-likeness (QED) is 0.0262. The first-order valence-corrected chi connectivity index (χ1v) is 27.1. The van der Waals surface area contributed by atoms with Crippen LogP contribution in [0.5, 0.6) is 0 Å². The molecule has 1 atom stereocenters. The summed E-state index contributed by atoms with van der Waals surface area (Å²) < 4.78 is 16.8. The smallest absolute Gasteiger partial charge is 0.306 e. The summed E-state index contributed by atoms with van der Waals surface area (Å²) in [5, 5.41) is 0. The van der Waals surface area contributed by atoms with Crippen LogP contribution >= 0.6 is 0 Å². The maximum atomic E-state index is 12.8. The van der Waals surface area contributed by atoms with Crippen LogP contribution in [0.4, 0.5) is 0 Å². The summed E-state index contributed by atoms with van der Waals surface area (Å²) in [4.78, 5) is 38.0. The topological polar surface area (TPSA) is 78.9 Å². The van der Waals surface area contributed by atoms with E-state index in [1.54, 1.807) is 0 Å². The lowest BCUT2D eigenvalue weighted by molar-refractivity contribution is -0.167. The van der Waals surface area contributed by atoms with Crippen LogP contribution in [0.3, 0.4) is 0 Å². The van der Waals surface area contributed by atoms with E-state index in [0.717, 1.165) is 64.2 Å². The Labute approximate surface area is 390 Å². The maximum absolute atomic E-state index is 12.8. The molecule has 0 aliphatic heterocycles. The molecule has 0 spiro atoms. The van der Waals surface area contributed by atoms with E-state index in [4.69, 9.17) is 14.2 Å². The first-order chi connectivity index (χ1) is 31.0. The molecule has 0 heterocycles. The molecule has 0 aromatic rings. The summed E-state index contributed by atoms with van der Waals surface area (Å²) in [5.41, 5.74) is 0. The summed E-state index contributed by atoms with van der Waals surface area (Å²) in [7, 11) is 0. The van der Waals surface area contributed by atoms with Crippen molar-refractivity contribution >= 4 is 17.9 Å². The van der Waals surface area contributed by atoms with Crippen LogP contribution in [0.2, 0.25) is 0 Å². The maximum Gasteiger partial charge on any atom is 0.306 e. The van der Waals surface area contributed by atoms with Crippen molar-refractivity contribution in [2.75, 3.05) is 13.2 Å². The molecule has 0 aliphatic rings. The number of hydrogen-bond acceptors (Lipinski definition) is 6. The van der Waals surface area contributed by atoms with Gasteiger partial charge in [-0.15, -0.1) is 0 Å². The van der Waals surface area contributed by atoms with E-state index >= 15 is 0 Å². The number of rotatable bonds is 49. The van der Waals surface area contributed by atoms with Gasteiger partial charge in [-0.05, 0) is 57.8 Å². The van der Waals surface area contributed by atoms with E-state index in [0.29, 0.717) is 19.3 Å². The van der Waals surface area contributed by atoms with Crippen molar-refractivity contribution in [1.29, 1.82) is 0 Å². The highest BCUT2D eigenvalue weighted by Crippen LogP contribution is 2.16. The van der Waals surface area contributed by atoms with Crippen molar-refractivity contribution in [3.8, 4) is 0 Å². The highest BCUT2D eigenvalue weighted by molar-refractivity contribution is 5.71. The minimum atomic E-state index is -0.790. The van der Waals surface area contributed by atoms with Gasteiger partial charge in [0.15, 0.2) is 6.10 Å². The SMILES string of the molecule is CCCCCC=CCC=CCC=CCC=CCCCC(=O)OCC(COC(=O)CCCCCCCCCCCCCCC)OC(=O)CCCCCCCCCCCCCCCCC. The summed E-state index contributed by atoms with van der Waals surface area (Å²) in [6.45, 7) is 6.59. The van der Waals surface area contributed by atoms with E-state index in [1.807, 2.05) is 0 Å². The molecule has 0 rings (SSSR count). The fourth-order valence-corrected chi connectivity index (χ4v) is 7.73. The number of carbonyl (C=O) groups excluding carboxylic acids is 3. The zero-order valence-corrected chi connectivity index (χ0v) is 41.8. The summed E-state index contributed by atoms with van der Waals surface area (Å²) in [5.74, 6) is -0.932. The lowest BCUT2D eigenvalue weighted by Crippen LogP contribution is -2.30. The molecule has 0 radical (unpaired) electrons. The largest absolute Gasteiger partial charge is 0.462 e. The molecule has 6 nitrogen and oxygen atoms in total. The Bertz CT molecular complexity index is 1110. The van der Waals surface area contributed by atoms with Gasteiger partial charge in [0.2, 0.25) is 0 Å². The summed E-state index contributed by atoms with van der Waals surface area (Å²) in [6, 6.07) is 0. The van der Waals surface area contributed by atoms with Gasteiger partial charge in [0.25, 0.3) is 0 Å². The normalized spacial score (nSPS) is 12.4. The Balaban J connectivity index is 4.43. The molecular formula is C57H102O6. The fourth-order valence-electron chi connectivity index (χ4n) is 7.73. The molecule has 1 unspecified atom stereocenters. The molecule has 0 aromatic heterocycles. The van der Waals surface area contributed by atoms with Crippen LogP contribution in [-0.2, 0) is 28.6 Å². The van der Waals surface area contributed by atoms with Crippen molar-refractivity contribution in [2.24, 2.45) is 0 Å². The van der Waals surface area contributed by atoms with Crippen molar-refractivity contribution in [3.05, 3.63) is 48.6 Å². The molecule has 6 heteroatoms. The lowest BCUT2D eigenvalue weighted by atomic mass is 10.0. The number of allylic oxidation sites excluding steroid dienone is 8. The number of unbranched alkanes of at least 4 members (excludes halogenated alkanes) is 30. The minimum absolute atomic E-state index is 0.0859. The molecule has 366 valence electrons. The number of esters is 3. The van der Waals surface area contributed by atoms with Crippen molar-refractivity contribution in [2.45, 2.75) is 284 Å². The van der Waals surface area contributed by atoms with Gasteiger partial charge in [-0.3, -0.25) is 14.4 Å². The Kier molecular flexibility index (Phi) is 49.8. The van der Waals surface area contributed by atoms with Crippen LogP contribution < -0.4 is 0 Å². The second-order valence-electron chi connectivity index (χ2n) is 18.2. The van der Waals surface area contributed by atoms with E-state index in [9.17, 15) is 14.4 Å². The van der Waals surface area contributed by atoms with Gasteiger partial charge in [-0.2, -0.15) is 0 Å². The predicted octanol–water partition coefficient (Wildman–Crippen LogP) is 17.9. The highest BCUT2D eigenvalue weighted by Gasteiger charge is 2.19. The van der Waals surface area contributed by atoms with Gasteiger partial charge < -0.3 is 14.2 Å². The molecule has 0 saturated carbocycles. The average molecular weight is 883 g/mol. The number of carbonyl (C=O) groups is 3. The third-order valence-electron chi connectivity index (χ3n) is 11.8. The van der Waals surface area contributed by atoms with Crippen LogP contribution in [0.25, 0.3) is 0 Å². The van der Waals surface area contributed by atoms with E-state index in [2.05, 4.69) is 69.4 Å². The van der Waals surface area contributed by atoms with Gasteiger partial charge in [0.1, 0.15) is 13.2 Å². The summed E-state index contributed by atoms with van der Waals surface area (Å²) >= 11 is 0. The van der Waals surface area contributed by atoms with Crippen molar-refractivity contribution < 1.29 is 28.6 Å². The van der Waals surface area contributed by atoms with Crippen molar-refractivity contribution in [1.82, 2.24) is 0 Å². The Morgan fingerprint density at radius 1 is 0.317 bits per heavy atom. The second kappa shape index (κ2) is 52.0. The molecule has 0 aliphatic carbocycles. The molecule has 63 heavy (non-hydrogen) atoms. The Morgan fingerprint density at radius 2 is 0.587 bits per heavy atom. The van der Waals surface area contributed by atoms with E-state index < -0.39 is 6.10 Å². The molecule has 0 aromatic carbocycles. The second-order valence-corrected chi connectivity index (χ2v) is 18.2. The third-order valence-corrected chi connectivity index (χ3v) is 11.8.